The van der Waals surface area contributed by atoms with Crippen LogP contribution in [0.5, 0.6) is 0 Å². The van der Waals surface area contributed by atoms with E-state index in [1.165, 1.54) is 6.42 Å². The first kappa shape index (κ1) is 25.2. The van der Waals surface area contributed by atoms with Crippen LogP contribution in [0.1, 0.15) is 80.1 Å². The lowest BCUT2D eigenvalue weighted by Crippen LogP contribution is -2.68. The zero-order valence-corrected chi connectivity index (χ0v) is 24.3. The molecule has 6 heteroatoms. The minimum atomic E-state index is -1.72. The van der Waals surface area contributed by atoms with Gasteiger partial charge in [0.2, 0.25) is 0 Å². The molecule has 6 bridgehead atoms. The predicted molar refractivity (Wildman–Crippen MR) is 143 cm³/mol. The maximum atomic E-state index is 14.9. The van der Waals surface area contributed by atoms with Crippen LogP contribution in [0.25, 0.3) is 0 Å². The zero-order valence-electron chi connectivity index (χ0n) is 24.3. The number of carbonyl (C=O) groups excluding carboxylic acids is 2. The van der Waals surface area contributed by atoms with Gasteiger partial charge >= 0.3 is 5.97 Å². The number of allylic oxidation sites excluding steroid dienone is 1. The van der Waals surface area contributed by atoms with E-state index in [0.717, 1.165) is 43.3 Å². The summed E-state index contributed by atoms with van der Waals surface area (Å²) in [5.74, 6) is 0.824. The van der Waals surface area contributed by atoms with Crippen LogP contribution in [0.2, 0.25) is 0 Å². The average Bonchev–Trinajstić information content (AvgIpc) is 3.06. The van der Waals surface area contributed by atoms with E-state index >= 15 is 0 Å². The molecule has 0 amide bonds. The molecule has 0 aromatic rings. The highest BCUT2D eigenvalue weighted by Gasteiger charge is 2.78. The van der Waals surface area contributed by atoms with Crippen LogP contribution in [0, 0.1) is 57.7 Å². The molecule has 1 spiro atoms. The Morgan fingerprint density at radius 1 is 1.08 bits per heavy atom. The molecule has 0 aromatic heterocycles. The van der Waals surface area contributed by atoms with Crippen LogP contribution in [0.3, 0.4) is 0 Å². The molecule has 1 saturated heterocycles. The van der Waals surface area contributed by atoms with Crippen LogP contribution < -0.4 is 0 Å². The molecule has 212 valence electrons. The standard InChI is InChI=1S/C33H44O6/c1-16-12-32-17(2)7-23-24(29(23,3)4)22(25(32)34)11-20-15-37-30(5,6)39-27(20)33(32,36)26(16)38-28(35)31-13-18-8-19(14-31)10-21(31)9-18/h11-12,17-19,21-24,26-27,36H,7-10,13-15H2,1-6H3/t17-,18-,19+,21?,22+,23-,24+,26+,27-,31?,32+,33-/m1/s1. The van der Waals surface area contributed by atoms with Crippen molar-refractivity contribution in [2.45, 2.75) is 104 Å². The molecule has 2 unspecified atom stereocenters. The first-order valence-corrected chi connectivity index (χ1v) is 15.4. The van der Waals surface area contributed by atoms with Gasteiger partial charge in [-0.2, -0.15) is 0 Å². The minimum absolute atomic E-state index is 0.0656. The summed E-state index contributed by atoms with van der Waals surface area (Å²) in [7, 11) is 0. The SMILES string of the molecule is CC1=C[C@]23C(=O)[C@@H](C=C4COC(C)(C)O[C@H]4[C@]2(O)[C@H]1OC(=O)C12C[C@@H]4CC1C[C@@H](C4)C2)[C@H]1[C@@H](C[C@H]3C)C1(C)C. The molecule has 9 rings (SSSR count). The van der Waals surface area contributed by atoms with Gasteiger partial charge in [-0.3, -0.25) is 9.59 Å². The number of hydrogen-bond donors (Lipinski definition) is 1. The fraction of sp³-hybridized carbons (Fsp3) is 0.818. The summed E-state index contributed by atoms with van der Waals surface area (Å²) in [4.78, 5) is 29.1. The molecule has 39 heavy (non-hydrogen) atoms. The number of fused-ring (bicyclic) bond motifs is 5. The van der Waals surface area contributed by atoms with E-state index in [1.807, 2.05) is 26.8 Å². The van der Waals surface area contributed by atoms with Gasteiger partial charge in [-0.15, -0.1) is 0 Å². The third-order valence-corrected chi connectivity index (χ3v) is 13.3. The van der Waals surface area contributed by atoms with Crippen LogP contribution >= 0.6 is 0 Å². The topological polar surface area (TPSA) is 82.1 Å². The second-order valence-electron chi connectivity index (χ2n) is 16.0. The number of Topliss-reactive ketones (excluding diaryl/α,β-unsaturated/α-hetero) is 1. The third-order valence-electron chi connectivity index (χ3n) is 13.3. The molecular formula is C33H44O6. The van der Waals surface area contributed by atoms with Gasteiger partial charge in [0.25, 0.3) is 0 Å². The lowest BCUT2D eigenvalue weighted by atomic mass is 9.58. The van der Waals surface area contributed by atoms with E-state index < -0.39 is 34.4 Å². The highest BCUT2D eigenvalue weighted by molar-refractivity contribution is 5.95. The summed E-state index contributed by atoms with van der Waals surface area (Å²) in [6.45, 7) is 12.6. The second kappa shape index (κ2) is 7.28. The molecule has 1 aliphatic heterocycles. The van der Waals surface area contributed by atoms with Crippen molar-refractivity contribution < 1.29 is 28.9 Å². The molecule has 6 nitrogen and oxygen atoms in total. The van der Waals surface area contributed by atoms with E-state index in [9.17, 15) is 14.7 Å². The third kappa shape index (κ3) is 2.85. The highest BCUT2D eigenvalue weighted by atomic mass is 16.7. The van der Waals surface area contributed by atoms with Crippen LogP contribution in [-0.2, 0) is 23.8 Å². The van der Waals surface area contributed by atoms with Gasteiger partial charge in [-0.25, -0.2) is 0 Å². The lowest BCUT2D eigenvalue weighted by Gasteiger charge is -2.53. The van der Waals surface area contributed by atoms with Crippen molar-refractivity contribution in [2.75, 3.05) is 6.61 Å². The number of aliphatic hydroxyl groups is 1. The van der Waals surface area contributed by atoms with Gasteiger partial charge in [0.15, 0.2) is 23.3 Å². The number of ketones is 1. The van der Waals surface area contributed by atoms with Gasteiger partial charge in [0.05, 0.1) is 17.4 Å². The van der Waals surface area contributed by atoms with Crippen LogP contribution in [0.15, 0.2) is 23.3 Å². The van der Waals surface area contributed by atoms with E-state index in [1.54, 1.807) is 0 Å². The van der Waals surface area contributed by atoms with Gasteiger partial charge in [0, 0.05) is 5.92 Å². The van der Waals surface area contributed by atoms with Gasteiger partial charge in [0.1, 0.15) is 6.10 Å². The zero-order chi connectivity index (χ0) is 27.5. The van der Waals surface area contributed by atoms with Crippen molar-refractivity contribution >= 4 is 11.8 Å². The average molecular weight is 537 g/mol. The van der Waals surface area contributed by atoms with E-state index in [-0.39, 0.29) is 34.9 Å². The largest absolute Gasteiger partial charge is 0.454 e. The number of rotatable bonds is 2. The summed E-state index contributed by atoms with van der Waals surface area (Å²) in [6.07, 6.45) is 8.53. The maximum Gasteiger partial charge on any atom is 0.313 e. The fourth-order valence-electron chi connectivity index (χ4n) is 11.7. The Morgan fingerprint density at radius 3 is 2.46 bits per heavy atom. The molecule has 9 aliphatic rings. The number of carbonyl (C=O) groups is 2. The molecule has 8 aliphatic carbocycles. The number of ether oxygens (including phenoxy) is 3. The monoisotopic (exact) mass is 536 g/mol. The molecule has 1 N–H and O–H groups in total. The number of hydrogen-bond acceptors (Lipinski definition) is 6. The Morgan fingerprint density at radius 2 is 1.77 bits per heavy atom. The Kier molecular flexibility index (Phi) is 4.71. The first-order chi connectivity index (χ1) is 18.2. The molecule has 1 heterocycles. The summed E-state index contributed by atoms with van der Waals surface area (Å²) in [5, 5.41) is 13.3. The van der Waals surface area contributed by atoms with Gasteiger partial charge in [-0.1, -0.05) is 32.9 Å². The lowest BCUT2D eigenvalue weighted by molar-refractivity contribution is -0.304. The summed E-state index contributed by atoms with van der Waals surface area (Å²) in [5.41, 5.74) is -1.66. The molecule has 6 saturated carbocycles. The first-order valence-electron chi connectivity index (χ1n) is 15.4. The molecule has 0 radical (unpaired) electrons. The predicted octanol–water partition coefficient (Wildman–Crippen LogP) is 4.99. The number of esters is 1. The Balaban J connectivity index is 1.26. The minimum Gasteiger partial charge on any atom is -0.454 e. The highest BCUT2D eigenvalue weighted by Crippen LogP contribution is 2.72. The second-order valence-corrected chi connectivity index (χ2v) is 16.0. The van der Waals surface area contributed by atoms with Crippen molar-refractivity contribution in [3.63, 3.8) is 0 Å². The smallest absolute Gasteiger partial charge is 0.313 e. The quantitative estimate of drug-likeness (QED) is 0.396. The molecule has 7 fully saturated rings. The summed E-state index contributed by atoms with van der Waals surface area (Å²) in [6, 6.07) is 0. The Bertz CT molecular complexity index is 1230. The van der Waals surface area contributed by atoms with Crippen molar-refractivity contribution in [2.24, 2.45) is 57.7 Å². The molecule has 12 atom stereocenters. The Labute approximate surface area is 231 Å². The molecular weight excluding hydrogens is 492 g/mol. The van der Waals surface area contributed by atoms with E-state index in [2.05, 4.69) is 26.8 Å². The fourth-order valence-corrected chi connectivity index (χ4v) is 11.7. The van der Waals surface area contributed by atoms with E-state index in [4.69, 9.17) is 14.2 Å². The van der Waals surface area contributed by atoms with Crippen LogP contribution in [-0.4, -0.2) is 47.1 Å². The van der Waals surface area contributed by atoms with E-state index in [0.29, 0.717) is 30.3 Å². The van der Waals surface area contributed by atoms with Crippen molar-refractivity contribution in [1.29, 1.82) is 0 Å². The van der Waals surface area contributed by atoms with Crippen molar-refractivity contribution in [3.05, 3.63) is 23.3 Å². The molecule has 0 aromatic carbocycles. The summed E-state index contributed by atoms with van der Waals surface area (Å²) >= 11 is 0. The Hall–Kier alpha value is -1.50. The van der Waals surface area contributed by atoms with Crippen LogP contribution in [0.4, 0.5) is 0 Å². The maximum absolute atomic E-state index is 14.9. The van der Waals surface area contributed by atoms with Crippen molar-refractivity contribution in [1.82, 2.24) is 0 Å². The van der Waals surface area contributed by atoms with Crippen molar-refractivity contribution in [3.8, 4) is 0 Å². The van der Waals surface area contributed by atoms with Gasteiger partial charge < -0.3 is 19.3 Å². The van der Waals surface area contributed by atoms with Gasteiger partial charge in [-0.05, 0) is 111 Å². The summed E-state index contributed by atoms with van der Waals surface area (Å²) < 4.78 is 19.2. The normalized spacial score (nSPS) is 55.1.